The Morgan fingerprint density at radius 2 is 1.80 bits per heavy atom. The second kappa shape index (κ2) is 11.5. The molecule has 4 aromatic rings. The maximum absolute atomic E-state index is 14.3. The number of fused-ring (bicyclic) bond motifs is 2. The van der Waals surface area contributed by atoms with Crippen molar-refractivity contribution in [2.24, 2.45) is 0 Å². The fourth-order valence-corrected chi connectivity index (χ4v) is 5.20. The highest BCUT2D eigenvalue weighted by atomic mass is 16.7. The molecule has 2 aliphatic rings. The van der Waals surface area contributed by atoms with Crippen molar-refractivity contribution in [3.8, 4) is 11.5 Å². The largest absolute Gasteiger partial charge is 0.454 e. The third kappa shape index (κ3) is 5.53. The summed E-state index contributed by atoms with van der Waals surface area (Å²) < 4.78 is 18.4. The molecular formula is C30H32N6O5. The standard InChI is InChI=1S/C30H32N6O5/c1-34(2)21-11-9-20(10-12-21)29(30(38)31-17-23-6-5-15-39-23)36(22-13-14-26-27(16-22)41-19-40-26)28(37)18-35-25-8-4-3-7-24(25)32-33-35/h3-4,7-14,16,23,29H,5-6,15,17-19H2,1-2H3,(H,31,38)/t23-,29+/m0/s1. The Bertz CT molecular complexity index is 1550. The van der Waals surface area contributed by atoms with Crippen LogP contribution in [0.15, 0.2) is 66.7 Å². The number of hydrogen-bond donors (Lipinski definition) is 1. The van der Waals surface area contributed by atoms with E-state index in [1.807, 2.05) is 67.5 Å². The fourth-order valence-electron chi connectivity index (χ4n) is 5.20. The van der Waals surface area contributed by atoms with Crippen molar-refractivity contribution in [2.45, 2.75) is 31.5 Å². The van der Waals surface area contributed by atoms with Crippen LogP contribution in [0.4, 0.5) is 11.4 Å². The number of benzene rings is 3. The van der Waals surface area contributed by atoms with Gasteiger partial charge in [-0.25, -0.2) is 4.68 Å². The smallest absolute Gasteiger partial charge is 0.249 e. The third-order valence-electron chi connectivity index (χ3n) is 7.37. The highest BCUT2D eigenvalue weighted by Gasteiger charge is 2.35. The first kappa shape index (κ1) is 26.6. The lowest BCUT2D eigenvalue weighted by molar-refractivity contribution is -0.127. The number of ether oxygens (including phenoxy) is 3. The average Bonchev–Trinajstić information content (AvgIpc) is 3.76. The summed E-state index contributed by atoms with van der Waals surface area (Å²) in [7, 11) is 3.90. The van der Waals surface area contributed by atoms with E-state index in [0.717, 1.165) is 24.0 Å². The molecular weight excluding hydrogens is 524 g/mol. The van der Waals surface area contributed by atoms with Crippen LogP contribution in [0, 0.1) is 0 Å². The molecule has 0 spiro atoms. The number of para-hydroxylation sites is 1. The van der Waals surface area contributed by atoms with Gasteiger partial charge in [0.2, 0.25) is 18.6 Å². The van der Waals surface area contributed by atoms with E-state index in [1.54, 1.807) is 22.9 Å². The van der Waals surface area contributed by atoms with Gasteiger partial charge < -0.3 is 24.4 Å². The summed E-state index contributed by atoms with van der Waals surface area (Å²) in [5, 5.41) is 11.5. The van der Waals surface area contributed by atoms with Gasteiger partial charge in [0.15, 0.2) is 11.5 Å². The molecule has 0 radical (unpaired) electrons. The van der Waals surface area contributed by atoms with E-state index in [0.29, 0.717) is 41.4 Å². The second-order valence-electron chi connectivity index (χ2n) is 10.3. The van der Waals surface area contributed by atoms with Crippen molar-refractivity contribution in [1.29, 1.82) is 0 Å². The Labute approximate surface area is 237 Å². The van der Waals surface area contributed by atoms with Crippen LogP contribution in [0.3, 0.4) is 0 Å². The number of nitrogens with one attached hydrogen (secondary N) is 1. The quantitative estimate of drug-likeness (QED) is 0.334. The molecule has 6 rings (SSSR count). The van der Waals surface area contributed by atoms with Crippen LogP contribution in [0.1, 0.15) is 24.4 Å². The SMILES string of the molecule is CN(C)c1ccc([C@H](C(=O)NC[C@@H]2CCCO2)N(C(=O)Cn2nnc3ccccc32)c2ccc3c(c2)OCO3)cc1. The minimum Gasteiger partial charge on any atom is -0.454 e. The molecule has 3 aromatic carbocycles. The monoisotopic (exact) mass is 556 g/mol. The molecule has 41 heavy (non-hydrogen) atoms. The van der Waals surface area contributed by atoms with Crippen molar-refractivity contribution in [3.63, 3.8) is 0 Å². The Morgan fingerprint density at radius 3 is 2.59 bits per heavy atom. The molecule has 11 heteroatoms. The first-order chi connectivity index (χ1) is 20.0. The van der Waals surface area contributed by atoms with Gasteiger partial charge in [0.05, 0.1) is 11.6 Å². The highest BCUT2D eigenvalue weighted by molar-refractivity contribution is 6.02. The number of aromatic nitrogens is 3. The molecule has 212 valence electrons. The minimum atomic E-state index is -0.977. The van der Waals surface area contributed by atoms with Crippen molar-refractivity contribution >= 4 is 34.2 Å². The summed E-state index contributed by atoms with van der Waals surface area (Å²) in [4.78, 5) is 31.8. The molecule has 2 amide bonds. The summed E-state index contributed by atoms with van der Waals surface area (Å²) in [5.41, 5.74) is 3.54. The van der Waals surface area contributed by atoms with E-state index in [1.165, 1.54) is 4.90 Å². The fraction of sp³-hybridized carbons (Fsp3) is 0.333. The minimum absolute atomic E-state index is 0.0491. The van der Waals surface area contributed by atoms with Crippen LogP contribution < -0.4 is 24.6 Å². The molecule has 1 N–H and O–H groups in total. The number of carbonyl (C=O) groups is 2. The Balaban J connectivity index is 1.40. The zero-order valence-electron chi connectivity index (χ0n) is 23.0. The third-order valence-corrected chi connectivity index (χ3v) is 7.37. The number of anilines is 2. The van der Waals surface area contributed by atoms with E-state index in [-0.39, 0.29) is 31.3 Å². The number of nitrogens with zero attached hydrogens (tertiary/aromatic N) is 5. The maximum Gasteiger partial charge on any atom is 0.249 e. The van der Waals surface area contributed by atoms with E-state index in [4.69, 9.17) is 14.2 Å². The number of hydrogen-bond acceptors (Lipinski definition) is 8. The maximum atomic E-state index is 14.3. The molecule has 0 saturated carbocycles. The van der Waals surface area contributed by atoms with Crippen LogP contribution in [0.5, 0.6) is 11.5 Å². The Kier molecular flexibility index (Phi) is 7.43. The van der Waals surface area contributed by atoms with E-state index >= 15 is 0 Å². The zero-order chi connectivity index (χ0) is 28.3. The van der Waals surface area contributed by atoms with Crippen LogP contribution >= 0.6 is 0 Å². The molecule has 0 bridgehead atoms. The number of carbonyl (C=O) groups excluding carboxylic acids is 2. The zero-order valence-corrected chi connectivity index (χ0v) is 23.0. The van der Waals surface area contributed by atoms with Gasteiger partial charge in [0.1, 0.15) is 18.1 Å². The van der Waals surface area contributed by atoms with Gasteiger partial charge in [0, 0.05) is 44.7 Å². The van der Waals surface area contributed by atoms with Gasteiger partial charge in [-0.2, -0.15) is 0 Å². The summed E-state index contributed by atoms with van der Waals surface area (Å²) >= 11 is 0. The lowest BCUT2D eigenvalue weighted by atomic mass is 10.0. The van der Waals surface area contributed by atoms with Gasteiger partial charge in [0.25, 0.3) is 0 Å². The van der Waals surface area contributed by atoms with Crippen molar-refractivity contribution in [2.75, 3.05) is 43.8 Å². The topological polar surface area (TPSA) is 111 Å². The van der Waals surface area contributed by atoms with Crippen molar-refractivity contribution < 1.29 is 23.8 Å². The summed E-state index contributed by atoms with van der Waals surface area (Å²) in [5.74, 6) is 0.437. The van der Waals surface area contributed by atoms with Gasteiger partial charge in [-0.1, -0.05) is 29.5 Å². The van der Waals surface area contributed by atoms with Gasteiger partial charge in [-0.15, -0.1) is 5.10 Å². The first-order valence-corrected chi connectivity index (χ1v) is 13.6. The van der Waals surface area contributed by atoms with E-state index < -0.39 is 6.04 Å². The number of amides is 2. The predicted octanol–water partition coefficient (Wildman–Crippen LogP) is 3.30. The Morgan fingerprint density at radius 1 is 1.02 bits per heavy atom. The molecule has 3 heterocycles. The molecule has 0 unspecified atom stereocenters. The highest BCUT2D eigenvalue weighted by Crippen LogP contribution is 2.38. The summed E-state index contributed by atoms with van der Waals surface area (Å²) in [6.07, 6.45) is 1.79. The number of rotatable bonds is 9. The van der Waals surface area contributed by atoms with E-state index in [2.05, 4.69) is 15.6 Å². The van der Waals surface area contributed by atoms with Crippen molar-refractivity contribution in [1.82, 2.24) is 20.3 Å². The van der Waals surface area contributed by atoms with Crippen molar-refractivity contribution in [3.05, 3.63) is 72.3 Å². The summed E-state index contributed by atoms with van der Waals surface area (Å²) in [6.45, 7) is 1.01. The summed E-state index contributed by atoms with van der Waals surface area (Å²) in [6, 6.07) is 19.3. The van der Waals surface area contributed by atoms with Crippen LogP contribution in [-0.4, -0.2) is 67.0 Å². The molecule has 0 aliphatic carbocycles. The van der Waals surface area contributed by atoms with E-state index in [9.17, 15) is 9.59 Å². The van der Waals surface area contributed by atoms with Gasteiger partial charge in [-0.3, -0.25) is 14.5 Å². The normalized spacial score (nSPS) is 16.5. The second-order valence-corrected chi connectivity index (χ2v) is 10.3. The van der Waals surface area contributed by atoms with Gasteiger partial charge >= 0.3 is 0 Å². The molecule has 2 atom stereocenters. The van der Waals surface area contributed by atoms with Crippen LogP contribution in [0.25, 0.3) is 11.0 Å². The lowest BCUT2D eigenvalue weighted by Crippen LogP contribution is -2.46. The first-order valence-electron chi connectivity index (χ1n) is 13.6. The molecule has 1 aromatic heterocycles. The van der Waals surface area contributed by atoms with Gasteiger partial charge in [-0.05, 0) is 54.8 Å². The predicted molar refractivity (Wildman–Crippen MR) is 153 cm³/mol. The molecule has 1 fully saturated rings. The molecule has 2 aliphatic heterocycles. The average molecular weight is 557 g/mol. The van der Waals surface area contributed by atoms with Crippen LogP contribution in [0.2, 0.25) is 0 Å². The Hall–Kier alpha value is -4.64. The lowest BCUT2D eigenvalue weighted by Gasteiger charge is -2.32. The molecule has 1 saturated heterocycles. The van der Waals surface area contributed by atoms with Crippen LogP contribution in [-0.2, 0) is 20.9 Å². The molecule has 11 nitrogen and oxygen atoms in total.